The Balaban J connectivity index is 1.65. The molecule has 1 atom stereocenters. The minimum absolute atomic E-state index is 0.0276. The molecule has 0 aliphatic carbocycles. The first-order valence-electron chi connectivity index (χ1n) is 7.71. The molecular formula is C16H18N4O2S2. The van der Waals surface area contributed by atoms with Crippen LogP contribution in [-0.2, 0) is 9.59 Å². The molecule has 0 unspecified atom stereocenters. The van der Waals surface area contributed by atoms with Crippen molar-refractivity contribution in [3.63, 3.8) is 0 Å². The van der Waals surface area contributed by atoms with Gasteiger partial charge in [-0.3, -0.25) is 9.59 Å². The van der Waals surface area contributed by atoms with Crippen molar-refractivity contribution in [3.05, 3.63) is 29.8 Å². The molecule has 1 fully saturated rings. The number of hydrogen-bond acceptors (Lipinski definition) is 6. The number of rotatable bonds is 5. The molecule has 1 N–H and O–H groups in total. The predicted molar refractivity (Wildman–Crippen MR) is 96.6 cm³/mol. The van der Waals surface area contributed by atoms with Crippen LogP contribution in [0.15, 0.2) is 28.6 Å². The van der Waals surface area contributed by atoms with Crippen molar-refractivity contribution in [1.82, 2.24) is 10.2 Å². The number of nitrogens with zero attached hydrogens (tertiary/aromatic N) is 3. The van der Waals surface area contributed by atoms with Crippen molar-refractivity contribution < 1.29 is 9.59 Å². The van der Waals surface area contributed by atoms with Crippen LogP contribution < -0.4 is 10.2 Å². The van der Waals surface area contributed by atoms with Crippen LogP contribution >= 0.6 is 23.1 Å². The number of nitrogens with one attached hydrogen (secondary N) is 1. The summed E-state index contributed by atoms with van der Waals surface area (Å²) in [6.45, 7) is 4.41. The number of carbonyl (C=O) groups is 2. The molecule has 8 heteroatoms. The fourth-order valence-corrected chi connectivity index (χ4v) is 4.23. The third-order valence-electron chi connectivity index (χ3n) is 3.71. The van der Waals surface area contributed by atoms with E-state index in [4.69, 9.17) is 0 Å². The molecule has 1 aromatic carbocycles. The highest BCUT2D eigenvalue weighted by Crippen LogP contribution is 2.28. The Morgan fingerprint density at radius 1 is 1.46 bits per heavy atom. The van der Waals surface area contributed by atoms with Crippen LogP contribution in [0.4, 0.5) is 10.8 Å². The molecule has 3 rings (SSSR count). The highest BCUT2D eigenvalue weighted by atomic mass is 32.2. The molecule has 126 valence electrons. The van der Waals surface area contributed by atoms with Gasteiger partial charge in [0.05, 0.1) is 5.92 Å². The first kappa shape index (κ1) is 16.9. The lowest BCUT2D eigenvalue weighted by molar-refractivity contribution is -0.122. The summed E-state index contributed by atoms with van der Waals surface area (Å²) in [5.41, 5.74) is 1.93. The number of anilines is 2. The standard InChI is InChI=1S/C16H18N4O2S2/c1-3-23-16-19-18-15(24-16)17-14(22)11-8-13(21)20(9-11)12-6-4-5-10(2)7-12/h4-7,11H,3,8-9H2,1-2H3,(H,17,18,22)/t11-/m0/s1. The summed E-state index contributed by atoms with van der Waals surface area (Å²) in [6, 6.07) is 7.75. The summed E-state index contributed by atoms with van der Waals surface area (Å²) in [7, 11) is 0. The number of aryl methyl sites for hydroxylation is 1. The van der Waals surface area contributed by atoms with Gasteiger partial charge in [-0.2, -0.15) is 0 Å². The lowest BCUT2D eigenvalue weighted by Crippen LogP contribution is -2.28. The molecule has 6 nitrogen and oxygen atoms in total. The molecule has 1 saturated heterocycles. The van der Waals surface area contributed by atoms with E-state index in [-0.39, 0.29) is 24.2 Å². The summed E-state index contributed by atoms with van der Waals surface area (Å²) < 4.78 is 0.830. The maximum absolute atomic E-state index is 12.4. The maximum atomic E-state index is 12.4. The zero-order valence-electron chi connectivity index (χ0n) is 13.5. The van der Waals surface area contributed by atoms with Crippen LogP contribution in [0.3, 0.4) is 0 Å². The second kappa shape index (κ2) is 7.31. The minimum atomic E-state index is -0.371. The van der Waals surface area contributed by atoms with Crippen LogP contribution in [-0.4, -0.2) is 34.3 Å². The average Bonchev–Trinajstić information content (AvgIpc) is 3.14. The Morgan fingerprint density at radius 3 is 3.04 bits per heavy atom. The van der Waals surface area contributed by atoms with Gasteiger partial charge in [0.2, 0.25) is 16.9 Å². The van der Waals surface area contributed by atoms with E-state index >= 15 is 0 Å². The van der Waals surface area contributed by atoms with Crippen molar-refractivity contribution in [2.75, 3.05) is 22.5 Å². The lowest BCUT2D eigenvalue weighted by atomic mass is 10.1. The van der Waals surface area contributed by atoms with E-state index < -0.39 is 0 Å². The molecule has 1 aromatic heterocycles. The second-order valence-corrected chi connectivity index (χ2v) is 8.03. The Labute approximate surface area is 148 Å². The second-order valence-electron chi connectivity index (χ2n) is 5.54. The van der Waals surface area contributed by atoms with Crippen LogP contribution in [0.5, 0.6) is 0 Å². The molecule has 1 aliphatic rings. The van der Waals surface area contributed by atoms with Crippen molar-refractivity contribution in [2.45, 2.75) is 24.6 Å². The molecule has 0 bridgehead atoms. The van der Waals surface area contributed by atoms with Crippen LogP contribution in [0, 0.1) is 12.8 Å². The number of amides is 2. The molecule has 0 saturated carbocycles. The summed E-state index contributed by atoms with van der Waals surface area (Å²) in [4.78, 5) is 26.3. The van der Waals surface area contributed by atoms with E-state index in [1.807, 2.05) is 38.1 Å². The van der Waals surface area contributed by atoms with Crippen molar-refractivity contribution in [1.29, 1.82) is 0 Å². The number of carbonyl (C=O) groups excluding carboxylic acids is 2. The van der Waals surface area contributed by atoms with Gasteiger partial charge in [-0.25, -0.2) is 0 Å². The van der Waals surface area contributed by atoms with Crippen molar-refractivity contribution in [2.24, 2.45) is 5.92 Å². The predicted octanol–water partition coefficient (Wildman–Crippen LogP) is 2.95. The molecule has 24 heavy (non-hydrogen) atoms. The topological polar surface area (TPSA) is 75.2 Å². The first-order chi connectivity index (χ1) is 11.6. The summed E-state index contributed by atoms with van der Waals surface area (Å²) >= 11 is 2.94. The van der Waals surface area contributed by atoms with E-state index in [0.29, 0.717) is 11.7 Å². The van der Waals surface area contributed by atoms with E-state index in [9.17, 15) is 9.59 Å². The van der Waals surface area contributed by atoms with Crippen LogP contribution in [0.2, 0.25) is 0 Å². The third kappa shape index (κ3) is 3.76. The molecule has 2 heterocycles. The Bertz CT molecular complexity index is 762. The number of benzene rings is 1. The summed E-state index contributed by atoms with van der Waals surface area (Å²) in [6.07, 6.45) is 0.217. The number of hydrogen-bond donors (Lipinski definition) is 1. The van der Waals surface area contributed by atoms with Gasteiger partial charge in [0.1, 0.15) is 0 Å². The zero-order chi connectivity index (χ0) is 17.1. The largest absolute Gasteiger partial charge is 0.312 e. The molecular weight excluding hydrogens is 344 g/mol. The highest BCUT2D eigenvalue weighted by molar-refractivity contribution is 8.01. The number of aromatic nitrogens is 2. The highest BCUT2D eigenvalue weighted by Gasteiger charge is 2.35. The van der Waals surface area contributed by atoms with Gasteiger partial charge < -0.3 is 10.2 Å². The molecule has 2 aromatic rings. The normalized spacial score (nSPS) is 17.3. The van der Waals surface area contributed by atoms with Gasteiger partial charge in [-0.15, -0.1) is 10.2 Å². The van der Waals surface area contributed by atoms with Gasteiger partial charge in [-0.05, 0) is 30.4 Å². The van der Waals surface area contributed by atoms with Crippen molar-refractivity contribution >= 4 is 45.7 Å². The molecule has 0 spiro atoms. The molecule has 2 amide bonds. The summed E-state index contributed by atoms with van der Waals surface area (Å²) in [5, 5.41) is 11.2. The fraction of sp³-hybridized carbons (Fsp3) is 0.375. The lowest BCUT2D eigenvalue weighted by Gasteiger charge is -2.17. The fourth-order valence-electron chi connectivity index (χ4n) is 2.58. The monoisotopic (exact) mass is 362 g/mol. The average molecular weight is 362 g/mol. The van der Waals surface area contributed by atoms with Crippen LogP contribution in [0.25, 0.3) is 0 Å². The van der Waals surface area contributed by atoms with Gasteiger partial charge in [-0.1, -0.05) is 42.2 Å². The number of thioether (sulfide) groups is 1. The van der Waals surface area contributed by atoms with Gasteiger partial charge in [0.15, 0.2) is 4.34 Å². The van der Waals surface area contributed by atoms with Crippen LogP contribution in [0.1, 0.15) is 18.9 Å². The third-order valence-corrected chi connectivity index (χ3v) is 5.57. The minimum Gasteiger partial charge on any atom is -0.312 e. The zero-order valence-corrected chi connectivity index (χ0v) is 15.1. The maximum Gasteiger partial charge on any atom is 0.231 e. The van der Waals surface area contributed by atoms with E-state index in [0.717, 1.165) is 21.3 Å². The smallest absolute Gasteiger partial charge is 0.231 e. The van der Waals surface area contributed by atoms with E-state index in [1.165, 1.54) is 11.3 Å². The van der Waals surface area contributed by atoms with E-state index in [2.05, 4.69) is 15.5 Å². The van der Waals surface area contributed by atoms with Gasteiger partial charge in [0.25, 0.3) is 0 Å². The van der Waals surface area contributed by atoms with Gasteiger partial charge in [0, 0.05) is 18.7 Å². The quantitative estimate of drug-likeness (QED) is 0.654. The SMILES string of the molecule is CCSc1nnc(NC(=O)[C@H]2CC(=O)N(c3cccc(C)c3)C2)s1. The summed E-state index contributed by atoms with van der Waals surface area (Å²) in [5.74, 6) is 0.331. The Morgan fingerprint density at radius 2 is 2.29 bits per heavy atom. The molecule has 0 radical (unpaired) electrons. The van der Waals surface area contributed by atoms with E-state index in [1.54, 1.807) is 16.7 Å². The Kier molecular flexibility index (Phi) is 5.15. The van der Waals surface area contributed by atoms with Crippen molar-refractivity contribution in [3.8, 4) is 0 Å². The first-order valence-corrected chi connectivity index (χ1v) is 9.51. The van der Waals surface area contributed by atoms with Gasteiger partial charge >= 0.3 is 0 Å². The molecule has 1 aliphatic heterocycles. The Hall–Kier alpha value is -1.93.